The van der Waals surface area contributed by atoms with Crippen LogP contribution in [0.1, 0.15) is 29.3 Å². The topological polar surface area (TPSA) is 71.7 Å². The van der Waals surface area contributed by atoms with Crippen LogP contribution in [-0.2, 0) is 23.0 Å². The summed E-state index contributed by atoms with van der Waals surface area (Å²) in [6.45, 7) is 2.67. The highest BCUT2D eigenvalue weighted by Gasteiger charge is 2.30. The number of amides is 1. The van der Waals surface area contributed by atoms with Crippen molar-refractivity contribution in [2.24, 2.45) is 4.99 Å². The van der Waals surface area contributed by atoms with E-state index in [9.17, 15) is 22.0 Å². The van der Waals surface area contributed by atoms with Crippen molar-refractivity contribution in [3.63, 3.8) is 0 Å². The fraction of sp³-hybridized carbons (Fsp3) is 0.200. The zero-order valence-corrected chi connectivity index (χ0v) is 20.4. The normalized spacial score (nSPS) is 14.0. The number of nitrogens with zero attached hydrogens (tertiary/aromatic N) is 3. The maximum absolute atomic E-state index is 14.4. The number of para-hydroxylation sites is 1. The predicted octanol–water partition coefficient (Wildman–Crippen LogP) is 4.88. The summed E-state index contributed by atoms with van der Waals surface area (Å²) in [5, 5.41) is 0. The summed E-state index contributed by atoms with van der Waals surface area (Å²) in [6, 6.07) is 15.0. The zero-order chi connectivity index (χ0) is 24.7. The molecule has 0 N–H and O–H groups in total. The lowest BCUT2D eigenvalue weighted by atomic mass is 10.2. The van der Waals surface area contributed by atoms with Crippen LogP contribution in [0.4, 0.5) is 14.5 Å². The van der Waals surface area contributed by atoms with Crippen LogP contribution in [0.5, 0.6) is 0 Å². The van der Waals surface area contributed by atoms with Crippen molar-refractivity contribution in [2.45, 2.75) is 31.2 Å². The Kier molecular flexibility index (Phi) is 6.02. The quantitative estimate of drug-likeness (QED) is 0.382. The molecule has 1 aliphatic heterocycles. The minimum Gasteiger partial charge on any atom is -0.314 e. The largest absolute Gasteiger partial charge is 0.314 e. The monoisotopic (exact) mass is 513 g/mol. The van der Waals surface area contributed by atoms with Crippen molar-refractivity contribution in [3.05, 3.63) is 88.2 Å². The smallest absolute Gasteiger partial charge is 0.279 e. The lowest BCUT2D eigenvalue weighted by Gasteiger charge is -2.19. The van der Waals surface area contributed by atoms with Crippen LogP contribution in [0, 0.1) is 11.6 Å². The predicted molar refractivity (Wildman–Crippen MR) is 131 cm³/mol. The Balaban J connectivity index is 1.48. The van der Waals surface area contributed by atoms with Crippen LogP contribution >= 0.6 is 11.3 Å². The van der Waals surface area contributed by atoms with Crippen LogP contribution in [0.25, 0.3) is 10.2 Å². The molecule has 35 heavy (non-hydrogen) atoms. The fourth-order valence-electron chi connectivity index (χ4n) is 4.25. The molecule has 5 rings (SSSR count). The number of hydrogen-bond acceptors (Lipinski definition) is 4. The Morgan fingerprint density at radius 3 is 2.57 bits per heavy atom. The Bertz CT molecular complexity index is 1620. The van der Waals surface area contributed by atoms with Gasteiger partial charge in [0, 0.05) is 24.7 Å². The van der Waals surface area contributed by atoms with E-state index in [1.54, 1.807) is 16.7 Å². The van der Waals surface area contributed by atoms with Crippen LogP contribution < -0.4 is 9.11 Å². The average Bonchev–Trinajstić information content (AvgIpc) is 3.41. The summed E-state index contributed by atoms with van der Waals surface area (Å²) in [7, 11) is -3.78. The molecule has 0 fully saturated rings. The minimum absolute atomic E-state index is 0.0752. The second-order valence-electron chi connectivity index (χ2n) is 8.17. The number of aromatic nitrogens is 1. The van der Waals surface area contributed by atoms with Crippen LogP contribution in [0.15, 0.2) is 70.6 Å². The SMILES string of the molecule is CCCn1c(=NC(=O)c2ccc(S(=O)(=O)N3CCc4ccccc43)cc2)sc2cc(F)cc(F)c21. The third-order valence-electron chi connectivity index (χ3n) is 5.87. The number of carbonyl (C=O) groups excluding carboxylic acids is 1. The molecule has 6 nitrogen and oxygen atoms in total. The van der Waals surface area contributed by atoms with E-state index in [1.807, 2.05) is 19.1 Å². The van der Waals surface area contributed by atoms with Crippen LogP contribution in [-0.4, -0.2) is 25.4 Å². The molecule has 0 saturated carbocycles. The van der Waals surface area contributed by atoms with Crippen molar-refractivity contribution in [2.75, 3.05) is 10.8 Å². The lowest BCUT2D eigenvalue weighted by molar-refractivity contribution is 0.0997. The third kappa shape index (κ3) is 4.17. The van der Waals surface area contributed by atoms with Gasteiger partial charge in [-0.3, -0.25) is 9.10 Å². The molecule has 1 amide bonds. The minimum atomic E-state index is -3.78. The fourth-order valence-corrected chi connectivity index (χ4v) is 6.85. The number of hydrogen-bond donors (Lipinski definition) is 0. The van der Waals surface area contributed by atoms with E-state index in [0.717, 1.165) is 23.0 Å². The number of anilines is 1. The average molecular weight is 514 g/mol. The summed E-state index contributed by atoms with van der Waals surface area (Å²) >= 11 is 1.03. The molecule has 0 atom stereocenters. The van der Waals surface area contributed by atoms with Crippen LogP contribution in [0.3, 0.4) is 0 Å². The van der Waals surface area contributed by atoms with Gasteiger partial charge >= 0.3 is 0 Å². The molecule has 0 spiro atoms. The number of benzene rings is 3. The standard InChI is InChI=1S/C25H21F2N3O3S2/c1-2-12-29-23-20(27)14-18(26)15-22(23)34-25(29)28-24(31)17-7-9-19(10-8-17)35(32,33)30-13-11-16-5-3-4-6-21(16)30/h3-10,14-15H,2,11-13H2,1H3. The molecule has 0 aliphatic carbocycles. The number of halogens is 2. The molecular weight excluding hydrogens is 492 g/mol. The second kappa shape index (κ2) is 9.01. The first kappa shape index (κ1) is 23.4. The number of rotatable bonds is 5. The Labute approximate surface area is 204 Å². The van der Waals surface area contributed by atoms with Gasteiger partial charge in [0.2, 0.25) is 0 Å². The molecule has 1 aliphatic rings. The van der Waals surface area contributed by atoms with Crippen molar-refractivity contribution in [1.82, 2.24) is 4.57 Å². The highest BCUT2D eigenvalue weighted by molar-refractivity contribution is 7.92. The van der Waals surface area contributed by atoms with Gasteiger partial charge in [0.25, 0.3) is 15.9 Å². The van der Waals surface area contributed by atoms with Gasteiger partial charge < -0.3 is 4.57 Å². The van der Waals surface area contributed by atoms with Gasteiger partial charge in [-0.15, -0.1) is 0 Å². The molecule has 0 unspecified atom stereocenters. The van der Waals surface area contributed by atoms with Crippen LogP contribution in [0.2, 0.25) is 0 Å². The molecule has 180 valence electrons. The van der Waals surface area contributed by atoms with Crippen molar-refractivity contribution >= 4 is 43.2 Å². The Morgan fingerprint density at radius 1 is 1.09 bits per heavy atom. The summed E-state index contributed by atoms with van der Waals surface area (Å²) in [5.74, 6) is -2.01. The van der Waals surface area contributed by atoms with E-state index in [4.69, 9.17) is 0 Å². The van der Waals surface area contributed by atoms with E-state index < -0.39 is 27.6 Å². The van der Waals surface area contributed by atoms with Gasteiger partial charge in [0.1, 0.15) is 5.82 Å². The molecule has 0 bridgehead atoms. The first-order valence-electron chi connectivity index (χ1n) is 11.1. The van der Waals surface area contributed by atoms with Gasteiger partial charge in [-0.05, 0) is 54.8 Å². The van der Waals surface area contributed by atoms with Gasteiger partial charge in [0.15, 0.2) is 10.6 Å². The number of sulfonamides is 1. The Morgan fingerprint density at radius 2 is 1.83 bits per heavy atom. The van der Waals surface area contributed by atoms with E-state index in [0.29, 0.717) is 36.3 Å². The van der Waals surface area contributed by atoms with Crippen molar-refractivity contribution < 1.29 is 22.0 Å². The molecule has 4 aromatic rings. The molecule has 2 heterocycles. The molecule has 3 aromatic carbocycles. The molecule has 10 heteroatoms. The van der Waals surface area contributed by atoms with E-state index in [2.05, 4.69) is 4.99 Å². The number of carbonyl (C=O) groups is 1. The molecule has 0 saturated heterocycles. The van der Waals surface area contributed by atoms with Crippen molar-refractivity contribution in [3.8, 4) is 0 Å². The second-order valence-corrected chi connectivity index (χ2v) is 11.0. The number of thiazole rings is 1. The van der Waals surface area contributed by atoms with Gasteiger partial charge in [-0.25, -0.2) is 17.2 Å². The van der Waals surface area contributed by atoms with Crippen molar-refractivity contribution in [1.29, 1.82) is 0 Å². The highest BCUT2D eigenvalue weighted by atomic mass is 32.2. The lowest BCUT2D eigenvalue weighted by Crippen LogP contribution is -2.29. The van der Waals surface area contributed by atoms with E-state index in [-0.39, 0.29) is 20.8 Å². The summed E-state index contributed by atoms with van der Waals surface area (Å²) in [6.07, 6.45) is 1.30. The third-order valence-corrected chi connectivity index (χ3v) is 8.73. The first-order valence-corrected chi connectivity index (χ1v) is 13.3. The molecule has 1 aromatic heterocycles. The first-order chi connectivity index (χ1) is 16.8. The van der Waals surface area contributed by atoms with E-state index >= 15 is 0 Å². The zero-order valence-electron chi connectivity index (χ0n) is 18.7. The van der Waals surface area contributed by atoms with E-state index in [1.165, 1.54) is 34.6 Å². The van der Waals surface area contributed by atoms with Gasteiger partial charge in [-0.1, -0.05) is 36.5 Å². The number of fused-ring (bicyclic) bond motifs is 2. The maximum Gasteiger partial charge on any atom is 0.279 e. The van der Waals surface area contributed by atoms with Gasteiger partial charge in [0.05, 0.1) is 20.8 Å². The molecule has 0 radical (unpaired) electrons. The van der Waals surface area contributed by atoms with Gasteiger partial charge in [-0.2, -0.15) is 4.99 Å². The maximum atomic E-state index is 14.4. The Hall–Kier alpha value is -3.37. The highest BCUT2D eigenvalue weighted by Crippen LogP contribution is 2.32. The summed E-state index contributed by atoms with van der Waals surface area (Å²) < 4.78 is 57.8. The number of aryl methyl sites for hydroxylation is 1. The summed E-state index contributed by atoms with van der Waals surface area (Å²) in [5.41, 5.74) is 2.04. The summed E-state index contributed by atoms with van der Waals surface area (Å²) in [4.78, 5) is 17.4. The molecular formula is C25H21F2N3O3S2.